The van der Waals surface area contributed by atoms with Crippen molar-refractivity contribution in [2.45, 2.75) is 57.5 Å². The van der Waals surface area contributed by atoms with E-state index in [-0.39, 0.29) is 22.9 Å². The summed E-state index contributed by atoms with van der Waals surface area (Å²) in [5.41, 5.74) is 0.775. The highest BCUT2D eigenvalue weighted by Crippen LogP contribution is 2.38. The number of carbonyl (C=O) groups is 2. The van der Waals surface area contributed by atoms with Crippen LogP contribution in [0.2, 0.25) is 0 Å². The van der Waals surface area contributed by atoms with E-state index in [0.29, 0.717) is 37.5 Å². The monoisotopic (exact) mass is 400 g/mol. The molecule has 3 saturated heterocycles. The van der Waals surface area contributed by atoms with Gasteiger partial charge in [-0.2, -0.15) is 0 Å². The largest absolute Gasteiger partial charge is 0.340 e. The smallest absolute Gasteiger partial charge is 0.263 e. The van der Waals surface area contributed by atoms with Crippen LogP contribution in [-0.4, -0.2) is 64.9 Å². The SMILES string of the molecule is Cc1ccn(CC2CCCNC2)c(=O)c1C(=O)N1CCC2(CCC(=O)N2C)CC1. The first-order chi connectivity index (χ1) is 13.9. The molecule has 29 heavy (non-hydrogen) atoms. The van der Waals surface area contributed by atoms with Crippen molar-refractivity contribution in [1.29, 1.82) is 0 Å². The van der Waals surface area contributed by atoms with E-state index in [9.17, 15) is 14.4 Å². The first-order valence-corrected chi connectivity index (χ1v) is 10.9. The Morgan fingerprint density at radius 1 is 1.24 bits per heavy atom. The van der Waals surface area contributed by atoms with Gasteiger partial charge in [0.15, 0.2) is 0 Å². The van der Waals surface area contributed by atoms with E-state index in [1.807, 2.05) is 31.1 Å². The average molecular weight is 401 g/mol. The summed E-state index contributed by atoms with van der Waals surface area (Å²) in [6.45, 7) is 5.65. The predicted molar refractivity (Wildman–Crippen MR) is 111 cm³/mol. The van der Waals surface area contributed by atoms with Crippen molar-refractivity contribution in [2.75, 3.05) is 33.2 Å². The lowest BCUT2D eigenvalue weighted by molar-refractivity contribution is -0.130. The molecule has 0 aliphatic carbocycles. The molecular weight excluding hydrogens is 368 g/mol. The Morgan fingerprint density at radius 2 is 2.00 bits per heavy atom. The van der Waals surface area contributed by atoms with Gasteiger partial charge in [-0.05, 0) is 69.7 Å². The predicted octanol–water partition coefficient (Wildman–Crippen LogP) is 1.38. The van der Waals surface area contributed by atoms with E-state index in [1.54, 1.807) is 9.47 Å². The van der Waals surface area contributed by atoms with Crippen LogP contribution >= 0.6 is 0 Å². The van der Waals surface area contributed by atoms with Crippen LogP contribution < -0.4 is 10.9 Å². The number of pyridine rings is 1. The highest BCUT2D eigenvalue weighted by atomic mass is 16.2. The molecule has 0 bridgehead atoms. The molecule has 1 aromatic rings. The molecule has 3 fully saturated rings. The molecule has 3 aliphatic heterocycles. The molecule has 4 rings (SSSR count). The van der Waals surface area contributed by atoms with Crippen LogP contribution in [0.4, 0.5) is 0 Å². The van der Waals surface area contributed by atoms with Crippen molar-refractivity contribution in [3.63, 3.8) is 0 Å². The Hall–Kier alpha value is -2.15. The average Bonchev–Trinajstić information content (AvgIpc) is 3.00. The first kappa shape index (κ1) is 20.1. The second-order valence-electron chi connectivity index (χ2n) is 9.01. The van der Waals surface area contributed by atoms with Gasteiger partial charge in [0.25, 0.3) is 11.5 Å². The first-order valence-electron chi connectivity index (χ1n) is 10.9. The molecule has 0 radical (unpaired) electrons. The lowest BCUT2D eigenvalue weighted by Gasteiger charge is -2.43. The Bertz CT molecular complexity index is 848. The molecule has 4 heterocycles. The van der Waals surface area contributed by atoms with E-state index >= 15 is 0 Å². The van der Waals surface area contributed by atoms with Gasteiger partial charge < -0.3 is 19.7 Å². The zero-order chi connectivity index (χ0) is 20.6. The maximum atomic E-state index is 13.3. The molecule has 0 aromatic carbocycles. The Balaban J connectivity index is 1.49. The number of piperidine rings is 2. The number of amides is 2. The van der Waals surface area contributed by atoms with Gasteiger partial charge in [0.05, 0.1) is 0 Å². The number of aryl methyl sites for hydroxylation is 1. The zero-order valence-corrected chi connectivity index (χ0v) is 17.6. The van der Waals surface area contributed by atoms with Crippen molar-refractivity contribution < 1.29 is 9.59 Å². The van der Waals surface area contributed by atoms with Crippen LogP contribution in [-0.2, 0) is 11.3 Å². The number of aromatic nitrogens is 1. The minimum atomic E-state index is -0.172. The second kappa shape index (κ2) is 7.94. The summed E-state index contributed by atoms with van der Waals surface area (Å²) in [5, 5.41) is 3.39. The summed E-state index contributed by atoms with van der Waals surface area (Å²) in [5.74, 6) is 0.464. The van der Waals surface area contributed by atoms with Crippen LogP contribution in [0.25, 0.3) is 0 Å². The van der Waals surface area contributed by atoms with Gasteiger partial charge in [0.2, 0.25) is 5.91 Å². The molecule has 1 unspecified atom stereocenters. The maximum absolute atomic E-state index is 13.3. The fraction of sp³-hybridized carbons (Fsp3) is 0.682. The Morgan fingerprint density at radius 3 is 2.62 bits per heavy atom. The maximum Gasteiger partial charge on any atom is 0.263 e. The lowest BCUT2D eigenvalue weighted by Crippen LogP contribution is -2.53. The van der Waals surface area contributed by atoms with Gasteiger partial charge in [0, 0.05) is 44.8 Å². The minimum Gasteiger partial charge on any atom is -0.340 e. The van der Waals surface area contributed by atoms with E-state index in [0.717, 1.165) is 50.8 Å². The fourth-order valence-corrected chi connectivity index (χ4v) is 5.24. The van der Waals surface area contributed by atoms with Gasteiger partial charge in [-0.1, -0.05) is 0 Å². The van der Waals surface area contributed by atoms with Gasteiger partial charge in [-0.3, -0.25) is 14.4 Å². The van der Waals surface area contributed by atoms with E-state index in [1.165, 1.54) is 0 Å². The standard InChI is InChI=1S/C22H32N4O3/c1-16-6-11-26(15-17-4-3-10-23-14-17)21(29)19(16)20(28)25-12-8-22(9-13-25)7-5-18(27)24(22)2/h6,11,17,23H,3-5,7-10,12-15H2,1-2H3. The number of nitrogens with zero attached hydrogens (tertiary/aromatic N) is 3. The highest BCUT2D eigenvalue weighted by molar-refractivity contribution is 5.95. The number of carbonyl (C=O) groups excluding carboxylic acids is 2. The molecule has 7 heteroatoms. The quantitative estimate of drug-likeness (QED) is 0.832. The van der Waals surface area contributed by atoms with Crippen LogP contribution in [0.3, 0.4) is 0 Å². The number of rotatable bonds is 3. The third-order valence-electron chi connectivity index (χ3n) is 7.31. The molecule has 3 aliphatic rings. The normalized spacial score (nSPS) is 24.3. The topological polar surface area (TPSA) is 74.6 Å². The van der Waals surface area contributed by atoms with Gasteiger partial charge in [-0.15, -0.1) is 0 Å². The molecule has 1 N–H and O–H groups in total. The van der Waals surface area contributed by atoms with Crippen LogP contribution in [0, 0.1) is 12.8 Å². The number of nitrogens with one attached hydrogen (secondary N) is 1. The van der Waals surface area contributed by atoms with E-state index in [2.05, 4.69) is 5.32 Å². The van der Waals surface area contributed by atoms with Crippen molar-refractivity contribution >= 4 is 11.8 Å². The van der Waals surface area contributed by atoms with Crippen LogP contribution in [0.1, 0.15) is 54.4 Å². The lowest BCUT2D eigenvalue weighted by atomic mass is 9.85. The van der Waals surface area contributed by atoms with Gasteiger partial charge >= 0.3 is 0 Å². The van der Waals surface area contributed by atoms with Crippen molar-refractivity contribution in [2.24, 2.45) is 5.92 Å². The number of likely N-dealkylation sites (tertiary alicyclic amines) is 2. The second-order valence-corrected chi connectivity index (χ2v) is 9.01. The summed E-state index contributed by atoms with van der Waals surface area (Å²) in [7, 11) is 1.88. The highest BCUT2D eigenvalue weighted by Gasteiger charge is 2.45. The summed E-state index contributed by atoms with van der Waals surface area (Å²) in [6, 6.07) is 1.89. The third-order valence-corrected chi connectivity index (χ3v) is 7.31. The number of hydrogen-bond acceptors (Lipinski definition) is 4. The summed E-state index contributed by atoms with van der Waals surface area (Å²) < 4.78 is 1.72. The summed E-state index contributed by atoms with van der Waals surface area (Å²) in [6.07, 6.45) is 7.11. The molecule has 1 spiro atoms. The molecule has 158 valence electrons. The van der Waals surface area contributed by atoms with Gasteiger partial charge in [0.1, 0.15) is 5.56 Å². The van der Waals surface area contributed by atoms with Crippen molar-refractivity contribution in [1.82, 2.24) is 19.7 Å². The third kappa shape index (κ3) is 3.72. The Labute approximate surface area is 172 Å². The van der Waals surface area contributed by atoms with Crippen molar-refractivity contribution in [3.8, 4) is 0 Å². The molecule has 7 nitrogen and oxygen atoms in total. The molecule has 0 saturated carbocycles. The van der Waals surface area contributed by atoms with Crippen LogP contribution in [0.5, 0.6) is 0 Å². The molecule has 1 atom stereocenters. The Kier molecular flexibility index (Phi) is 5.51. The van der Waals surface area contributed by atoms with Gasteiger partial charge in [-0.25, -0.2) is 0 Å². The number of hydrogen-bond donors (Lipinski definition) is 1. The fourth-order valence-electron chi connectivity index (χ4n) is 5.24. The minimum absolute atomic E-state index is 0.103. The van der Waals surface area contributed by atoms with Crippen molar-refractivity contribution in [3.05, 3.63) is 33.7 Å². The molecule has 2 amide bonds. The van der Waals surface area contributed by atoms with E-state index < -0.39 is 0 Å². The summed E-state index contributed by atoms with van der Waals surface area (Å²) in [4.78, 5) is 42.0. The van der Waals surface area contributed by atoms with E-state index in [4.69, 9.17) is 0 Å². The summed E-state index contributed by atoms with van der Waals surface area (Å²) >= 11 is 0. The zero-order valence-electron chi connectivity index (χ0n) is 17.6. The van der Waals surface area contributed by atoms with Crippen LogP contribution in [0.15, 0.2) is 17.1 Å². The molecular formula is C22H32N4O3. The molecule has 1 aromatic heterocycles.